The lowest BCUT2D eigenvalue weighted by Crippen LogP contribution is -2.31. The molecule has 0 aliphatic carbocycles. The second-order valence-electron chi connectivity index (χ2n) is 3.74. The third-order valence-corrected chi connectivity index (χ3v) is 2.35. The molecule has 0 aromatic heterocycles. The number of ether oxygens (including phenoxy) is 2. The first kappa shape index (κ1) is 14.2. The van der Waals surface area contributed by atoms with Crippen LogP contribution in [0.1, 0.15) is 15.9 Å². The van der Waals surface area contributed by atoms with Gasteiger partial charge >= 0.3 is 0 Å². The molecule has 0 spiro atoms. The number of aldehydes is 1. The number of carbonyl (C=O) groups is 2. The predicted molar refractivity (Wildman–Crippen MR) is 66.9 cm³/mol. The van der Waals surface area contributed by atoms with E-state index >= 15 is 0 Å². The van der Waals surface area contributed by atoms with Crippen molar-refractivity contribution in [3.05, 3.63) is 29.3 Å². The van der Waals surface area contributed by atoms with E-state index in [9.17, 15) is 9.59 Å². The van der Waals surface area contributed by atoms with Gasteiger partial charge in [-0.25, -0.2) is 0 Å². The summed E-state index contributed by atoms with van der Waals surface area (Å²) in [5.41, 5.74) is 1.27. The molecule has 0 fully saturated rings. The average Bonchev–Trinajstić information content (AvgIpc) is 2.37. The number of amides is 1. The van der Waals surface area contributed by atoms with E-state index in [0.717, 1.165) is 5.56 Å². The Labute approximate surface area is 106 Å². The van der Waals surface area contributed by atoms with E-state index < -0.39 is 0 Å². The van der Waals surface area contributed by atoms with Gasteiger partial charge in [-0.05, 0) is 18.6 Å². The number of benzene rings is 1. The van der Waals surface area contributed by atoms with Gasteiger partial charge in [0.2, 0.25) is 0 Å². The van der Waals surface area contributed by atoms with Crippen LogP contribution < -0.4 is 10.1 Å². The normalized spacial score (nSPS) is 9.89. The summed E-state index contributed by atoms with van der Waals surface area (Å²) in [6, 6.07) is 5.24. The summed E-state index contributed by atoms with van der Waals surface area (Å²) >= 11 is 0. The van der Waals surface area contributed by atoms with Gasteiger partial charge in [-0.3, -0.25) is 9.59 Å². The van der Waals surface area contributed by atoms with Crippen molar-refractivity contribution >= 4 is 12.2 Å². The molecule has 0 atom stereocenters. The molecule has 0 radical (unpaired) electrons. The van der Waals surface area contributed by atoms with Crippen molar-refractivity contribution in [2.24, 2.45) is 0 Å². The van der Waals surface area contributed by atoms with E-state index in [1.54, 1.807) is 19.2 Å². The fraction of sp³-hybridized carbons (Fsp3) is 0.385. The Kier molecular flexibility index (Phi) is 5.87. The summed E-state index contributed by atoms with van der Waals surface area (Å²) in [7, 11) is 1.56. The summed E-state index contributed by atoms with van der Waals surface area (Å²) < 4.78 is 10.2. The lowest BCUT2D eigenvalue weighted by Gasteiger charge is -2.11. The first-order chi connectivity index (χ1) is 8.69. The van der Waals surface area contributed by atoms with Gasteiger partial charge in [-0.15, -0.1) is 0 Å². The van der Waals surface area contributed by atoms with Gasteiger partial charge in [0.05, 0.1) is 12.2 Å². The highest BCUT2D eigenvalue weighted by Crippen LogP contribution is 2.21. The second kappa shape index (κ2) is 7.45. The number of aryl methyl sites for hydroxylation is 1. The maximum atomic E-state index is 11.4. The second-order valence-corrected chi connectivity index (χ2v) is 3.74. The molecule has 0 aliphatic rings. The van der Waals surface area contributed by atoms with E-state index in [1.165, 1.54) is 0 Å². The highest BCUT2D eigenvalue weighted by atomic mass is 16.5. The Hall–Kier alpha value is -1.88. The van der Waals surface area contributed by atoms with E-state index in [-0.39, 0.29) is 12.5 Å². The molecule has 0 saturated carbocycles. The molecule has 0 heterocycles. The van der Waals surface area contributed by atoms with Crippen LogP contribution in [0.4, 0.5) is 0 Å². The number of rotatable bonds is 7. The van der Waals surface area contributed by atoms with Crippen LogP contribution in [0, 0.1) is 6.92 Å². The zero-order chi connectivity index (χ0) is 13.4. The Balaban J connectivity index is 2.53. The largest absolute Gasteiger partial charge is 0.483 e. The maximum Gasteiger partial charge on any atom is 0.258 e. The molecule has 98 valence electrons. The third-order valence-electron chi connectivity index (χ3n) is 2.35. The van der Waals surface area contributed by atoms with Gasteiger partial charge in [0.25, 0.3) is 5.91 Å². The van der Waals surface area contributed by atoms with Crippen molar-refractivity contribution in [1.82, 2.24) is 5.32 Å². The molecule has 5 heteroatoms. The minimum Gasteiger partial charge on any atom is -0.483 e. The molecule has 0 saturated heterocycles. The zero-order valence-corrected chi connectivity index (χ0v) is 10.6. The molecule has 1 N–H and O–H groups in total. The van der Waals surface area contributed by atoms with Gasteiger partial charge in [0.1, 0.15) is 5.75 Å². The lowest BCUT2D eigenvalue weighted by molar-refractivity contribution is -0.123. The summed E-state index contributed by atoms with van der Waals surface area (Å²) in [6.45, 7) is 2.60. The van der Waals surface area contributed by atoms with Crippen molar-refractivity contribution in [2.45, 2.75) is 6.92 Å². The molecule has 0 unspecified atom stereocenters. The Bertz CT molecular complexity index is 417. The highest BCUT2D eigenvalue weighted by molar-refractivity contribution is 5.81. The average molecular weight is 251 g/mol. The molecule has 1 amide bonds. The molecule has 1 aromatic rings. The number of carbonyl (C=O) groups excluding carboxylic acids is 2. The fourth-order valence-electron chi connectivity index (χ4n) is 1.45. The van der Waals surface area contributed by atoms with Crippen molar-refractivity contribution in [2.75, 3.05) is 26.9 Å². The Morgan fingerprint density at radius 2 is 2.22 bits per heavy atom. The predicted octanol–water partition coefficient (Wildman–Crippen LogP) is 0.949. The smallest absolute Gasteiger partial charge is 0.258 e. The van der Waals surface area contributed by atoms with Crippen LogP contribution in [-0.2, 0) is 9.53 Å². The van der Waals surface area contributed by atoms with Crippen LogP contribution in [0.5, 0.6) is 5.75 Å². The van der Waals surface area contributed by atoms with E-state index in [0.29, 0.717) is 30.8 Å². The summed E-state index contributed by atoms with van der Waals surface area (Å²) in [5.74, 6) is 0.210. The number of methoxy groups -OCH3 is 1. The van der Waals surface area contributed by atoms with Crippen molar-refractivity contribution < 1.29 is 19.1 Å². The number of para-hydroxylation sites is 1. The molecular formula is C13H17NO4. The SMILES string of the molecule is COCCNC(=O)COc1c(C)cccc1C=O. The van der Waals surface area contributed by atoms with Crippen LogP contribution in [0.25, 0.3) is 0 Å². The zero-order valence-electron chi connectivity index (χ0n) is 10.6. The number of hydrogen-bond acceptors (Lipinski definition) is 4. The minimum absolute atomic E-state index is 0.116. The van der Waals surface area contributed by atoms with Gasteiger partial charge in [0, 0.05) is 13.7 Å². The fourth-order valence-corrected chi connectivity index (χ4v) is 1.45. The molecule has 0 aliphatic heterocycles. The Morgan fingerprint density at radius 3 is 2.89 bits per heavy atom. The standard InChI is InChI=1S/C13H17NO4/c1-10-4-3-5-11(8-15)13(10)18-9-12(16)14-6-7-17-2/h3-5,8H,6-7,9H2,1-2H3,(H,14,16). The van der Waals surface area contributed by atoms with Gasteiger partial charge < -0.3 is 14.8 Å². The highest BCUT2D eigenvalue weighted by Gasteiger charge is 2.08. The third kappa shape index (κ3) is 4.18. The van der Waals surface area contributed by atoms with Crippen LogP contribution in [0.2, 0.25) is 0 Å². The number of hydrogen-bond donors (Lipinski definition) is 1. The first-order valence-electron chi connectivity index (χ1n) is 5.62. The van der Waals surface area contributed by atoms with Crippen molar-refractivity contribution in [3.63, 3.8) is 0 Å². The van der Waals surface area contributed by atoms with Crippen LogP contribution in [-0.4, -0.2) is 39.1 Å². The van der Waals surface area contributed by atoms with E-state index in [1.807, 2.05) is 13.0 Å². The molecule has 0 bridgehead atoms. The quantitative estimate of drug-likeness (QED) is 0.579. The van der Waals surface area contributed by atoms with Crippen molar-refractivity contribution in [3.8, 4) is 5.75 Å². The lowest BCUT2D eigenvalue weighted by atomic mass is 10.1. The summed E-state index contributed by atoms with van der Waals surface area (Å²) in [6.07, 6.45) is 0.713. The molecule has 18 heavy (non-hydrogen) atoms. The molecule has 1 rings (SSSR count). The van der Waals surface area contributed by atoms with Crippen LogP contribution >= 0.6 is 0 Å². The molecular weight excluding hydrogens is 234 g/mol. The first-order valence-corrected chi connectivity index (χ1v) is 5.62. The summed E-state index contributed by atoms with van der Waals surface area (Å²) in [4.78, 5) is 22.3. The maximum absolute atomic E-state index is 11.4. The van der Waals surface area contributed by atoms with E-state index in [2.05, 4.69) is 5.32 Å². The van der Waals surface area contributed by atoms with Crippen LogP contribution in [0.3, 0.4) is 0 Å². The van der Waals surface area contributed by atoms with Gasteiger partial charge in [-0.2, -0.15) is 0 Å². The monoisotopic (exact) mass is 251 g/mol. The molecule has 5 nitrogen and oxygen atoms in total. The number of nitrogens with one attached hydrogen (secondary N) is 1. The van der Waals surface area contributed by atoms with Gasteiger partial charge in [0.15, 0.2) is 12.9 Å². The minimum atomic E-state index is -0.243. The topological polar surface area (TPSA) is 64.6 Å². The summed E-state index contributed by atoms with van der Waals surface area (Å²) in [5, 5.41) is 2.63. The van der Waals surface area contributed by atoms with Crippen LogP contribution in [0.15, 0.2) is 18.2 Å². The molecule has 1 aromatic carbocycles. The Morgan fingerprint density at radius 1 is 1.44 bits per heavy atom. The van der Waals surface area contributed by atoms with Crippen molar-refractivity contribution in [1.29, 1.82) is 0 Å². The van der Waals surface area contributed by atoms with E-state index in [4.69, 9.17) is 9.47 Å². The van der Waals surface area contributed by atoms with Gasteiger partial charge in [-0.1, -0.05) is 12.1 Å².